The van der Waals surface area contributed by atoms with Crippen LogP contribution in [0.2, 0.25) is 0 Å². The Morgan fingerprint density at radius 2 is 1.53 bits per heavy atom. The summed E-state index contributed by atoms with van der Waals surface area (Å²) in [6, 6.07) is 7.21. The zero-order chi connectivity index (χ0) is 23.5. The molecule has 1 amide bonds. The molecule has 2 heterocycles. The molecular weight excluding hydrogens is 422 g/mol. The van der Waals surface area contributed by atoms with Gasteiger partial charge in [-0.15, -0.1) is 0 Å². The summed E-state index contributed by atoms with van der Waals surface area (Å²) in [5.74, 6) is 0.513. The van der Waals surface area contributed by atoms with Crippen LogP contribution in [0.5, 0.6) is 0 Å². The molecule has 0 N–H and O–H groups in total. The van der Waals surface area contributed by atoms with E-state index in [2.05, 4.69) is 39.5 Å². The van der Waals surface area contributed by atoms with E-state index < -0.39 is 10.0 Å². The second-order valence-electron chi connectivity index (χ2n) is 10.9. The quantitative estimate of drug-likeness (QED) is 0.644. The van der Waals surface area contributed by atoms with Crippen LogP contribution in [0.1, 0.15) is 65.4 Å². The van der Waals surface area contributed by atoms with Gasteiger partial charge in [-0.1, -0.05) is 46.8 Å². The molecule has 2 fully saturated rings. The van der Waals surface area contributed by atoms with Crippen LogP contribution in [0.25, 0.3) is 0 Å². The van der Waals surface area contributed by atoms with Gasteiger partial charge < -0.3 is 4.90 Å². The lowest BCUT2D eigenvalue weighted by Gasteiger charge is -2.39. The van der Waals surface area contributed by atoms with Crippen molar-refractivity contribution < 1.29 is 13.2 Å². The molecule has 0 aliphatic carbocycles. The Bertz CT molecular complexity index is 859. The van der Waals surface area contributed by atoms with E-state index in [0.717, 1.165) is 44.7 Å². The second kappa shape index (κ2) is 10.2. The number of piperidine rings is 1. The molecule has 2 aliphatic rings. The van der Waals surface area contributed by atoms with Crippen molar-refractivity contribution in [1.29, 1.82) is 0 Å². The van der Waals surface area contributed by atoms with Crippen molar-refractivity contribution in [3.63, 3.8) is 0 Å². The molecule has 0 radical (unpaired) electrons. The Labute approximate surface area is 195 Å². The Morgan fingerprint density at radius 3 is 2.03 bits per heavy atom. The Balaban J connectivity index is 1.49. The molecule has 0 atom stereocenters. The van der Waals surface area contributed by atoms with E-state index in [0.29, 0.717) is 42.2 Å². The Hall–Kier alpha value is -1.44. The van der Waals surface area contributed by atoms with E-state index in [9.17, 15) is 13.2 Å². The molecule has 2 aliphatic heterocycles. The highest BCUT2D eigenvalue weighted by Crippen LogP contribution is 2.27. The number of sulfonamides is 1. The van der Waals surface area contributed by atoms with Crippen molar-refractivity contribution in [1.82, 2.24) is 14.1 Å². The number of hydrogen-bond acceptors (Lipinski definition) is 4. The number of amides is 1. The molecule has 0 bridgehead atoms. The van der Waals surface area contributed by atoms with Gasteiger partial charge in [-0.25, -0.2) is 8.42 Å². The van der Waals surface area contributed by atoms with Gasteiger partial charge in [0, 0.05) is 45.2 Å². The molecule has 1 aromatic carbocycles. The Morgan fingerprint density at radius 1 is 0.969 bits per heavy atom. The molecule has 3 rings (SSSR count). The molecule has 0 saturated carbocycles. The molecule has 6 nitrogen and oxygen atoms in total. The predicted molar refractivity (Wildman–Crippen MR) is 129 cm³/mol. The van der Waals surface area contributed by atoms with E-state index in [-0.39, 0.29) is 11.8 Å². The number of nitrogens with zero attached hydrogens (tertiary/aromatic N) is 3. The van der Waals surface area contributed by atoms with Crippen LogP contribution >= 0.6 is 0 Å². The van der Waals surface area contributed by atoms with Crippen molar-refractivity contribution in [2.75, 3.05) is 45.8 Å². The number of rotatable bonds is 6. The average molecular weight is 464 g/mol. The summed E-state index contributed by atoms with van der Waals surface area (Å²) < 4.78 is 27.6. The van der Waals surface area contributed by atoms with Gasteiger partial charge in [0.05, 0.1) is 4.90 Å². The zero-order valence-corrected chi connectivity index (χ0v) is 21.3. The van der Waals surface area contributed by atoms with E-state index in [1.165, 1.54) is 0 Å². The number of hydrogen-bond donors (Lipinski definition) is 0. The lowest BCUT2D eigenvalue weighted by molar-refractivity contribution is -0.138. The molecule has 2 saturated heterocycles. The highest BCUT2D eigenvalue weighted by atomic mass is 32.2. The SMILES string of the molecule is CC(C)c1ccc(S(=O)(=O)N2CCC(C(=O)N3CCN(CCC(C)(C)C)CC3)CC2)cc1. The predicted octanol–water partition coefficient (Wildman–Crippen LogP) is 3.79. The number of carbonyl (C=O) groups is 1. The van der Waals surface area contributed by atoms with Crippen LogP contribution in [0, 0.1) is 11.3 Å². The van der Waals surface area contributed by atoms with E-state index in [1.807, 2.05) is 17.0 Å². The van der Waals surface area contributed by atoms with Crippen molar-refractivity contribution in [3.8, 4) is 0 Å². The normalized spacial score (nSPS) is 20.1. The first-order valence-corrected chi connectivity index (χ1v) is 13.5. The van der Waals surface area contributed by atoms with Gasteiger partial charge >= 0.3 is 0 Å². The van der Waals surface area contributed by atoms with Crippen molar-refractivity contribution >= 4 is 15.9 Å². The third-order valence-electron chi connectivity index (χ3n) is 6.85. The van der Waals surface area contributed by atoms with Gasteiger partial charge in [-0.05, 0) is 54.8 Å². The Kier molecular flexibility index (Phi) is 8.05. The summed E-state index contributed by atoms with van der Waals surface area (Å²) in [4.78, 5) is 17.8. The molecule has 0 unspecified atom stereocenters. The maximum atomic E-state index is 13.0. The largest absolute Gasteiger partial charge is 0.340 e. The highest BCUT2D eigenvalue weighted by Gasteiger charge is 2.34. The van der Waals surface area contributed by atoms with Gasteiger partial charge in [-0.2, -0.15) is 4.31 Å². The summed E-state index contributed by atoms with van der Waals surface area (Å²) in [7, 11) is -3.50. The van der Waals surface area contributed by atoms with Gasteiger partial charge in [0.1, 0.15) is 0 Å². The van der Waals surface area contributed by atoms with Crippen LogP contribution < -0.4 is 0 Å². The minimum Gasteiger partial charge on any atom is -0.340 e. The fourth-order valence-electron chi connectivity index (χ4n) is 4.46. The summed E-state index contributed by atoms with van der Waals surface area (Å²) in [5, 5.41) is 0. The van der Waals surface area contributed by atoms with Crippen LogP contribution in [0.4, 0.5) is 0 Å². The molecule has 1 aromatic rings. The molecular formula is C25H41N3O3S. The lowest BCUT2D eigenvalue weighted by atomic mass is 9.92. The van der Waals surface area contributed by atoms with E-state index in [1.54, 1.807) is 16.4 Å². The molecule has 0 aromatic heterocycles. The topological polar surface area (TPSA) is 60.9 Å². The summed E-state index contributed by atoms with van der Waals surface area (Å²) in [5.41, 5.74) is 1.46. The monoisotopic (exact) mass is 463 g/mol. The first-order chi connectivity index (χ1) is 15.0. The van der Waals surface area contributed by atoms with Crippen molar-refractivity contribution in [3.05, 3.63) is 29.8 Å². The second-order valence-corrected chi connectivity index (χ2v) is 12.8. The number of benzene rings is 1. The van der Waals surface area contributed by atoms with Crippen LogP contribution in [0.15, 0.2) is 29.2 Å². The first kappa shape index (κ1) is 25.2. The number of carbonyl (C=O) groups excluding carboxylic acids is 1. The third-order valence-corrected chi connectivity index (χ3v) is 8.76. The third kappa shape index (κ3) is 6.33. The van der Waals surface area contributed by atoms with E-state index >= 15 is 0 Å². The maximum Gasteiger partial charge on any atom is 0.243 e. The fourth-order valence-corrected chi connectivity index (χ4v) is 5.93. The van der Waals surface area contributed by atoms with Gasteiger partial charge in [0.2, 0.25) is 15.9 Å². The standard InChI is InChI=1S/C25H41N3O3S/c1-20(2)21-6-8-23(9-7-21)32(30,31)28-13-10-22(11-14-28)24(29)27-18-16-26(17-19-27)15-12-25(3,4)5/h6-9,20,22H,10-19H2,1-5H3. The average Bonchev–Trinajstić information content (AvgIpc) is 2.77. The fraction of sp³-hybridized carbons (Fsp3) is 0.720. The minimum absolute atomic E-state index is 0.0640. The molecule has 0 spiro atoms. The van der Waals surface area contributed by atoms with Gasteiger partial charge in [0.25, 0.3) is 0 Å². The zero-order valence-electron chi connectivity index (χ0n) is 20.5. The van der Waals surface area contributed by atoms with Crippen LogP contribution in [-0.4, -0.2) is 74.2 Å². The molecule has 180 valence electrons. The molecule has 7 heteroatoms. The van der Waals surface area contributed by atoms with Gasteiger partial charge in [-0.3, -0.25) is 9.69 Å². The van der Waals surface area contributed by atoms with Crippen LogP contribution in [0.3, 0.4) is 0 Å². The minimum atomic E-state index is -3.50. The van der Waals surface area contributed by atoms with Gasteiger partial charge in [0.15, 0.2) is 0 Å². The smallest absolute Gasteiger partial charge is 0.243 e. The van der Waals surface area contributed by atoms with Crippen LogP contribution in [-0.2, 0) is 14.8 Å². The van der Waals surface area contributed by atoms with Crippen molar-refractivity contribution in [2.24, 2.45) is 11.3 Å². The first-order valence-electron chi connectivity index (χ1n) is 12.1. The maximum absolute atomic E-state index is 13.0. The van der Waals surface area contributed by atoms with E-state index in [4.69, 9.17) is 0 Å². The summed E-state index contributed by atoms with van der Waals surface area (Å²) >= 11 is 0. The highest BCUT2D eigenvalue weighted by molar-refractivity contribution is 7.89. The van der Waals surface area contributed by atoms with Crippen molar-refractivity contribution in [2.45, 2.75) is 64.7 Å². The molecule has 32 heavy (non-hydrogen) atoms. The lowest BCUT2D eigenvalue weighted by Crippen LogP contribution is -2.52. The number of piperazine rings is 1. The summed E-state index contributed by atoms with van der Waals surface area (Å²) in [6.45, 7) is 16.3. The summed E-state index contributed by atoms with van der Waals surface area (Å²) in [6.07, 6.45) is 2.37.